The van der Waals surface area contributed by atoms with E-state index in [9.17, 15) is 9.18 Å². The fourth-order valence-corrected chi connectivity index (χ4v) is 1.95. The number of rotatable bonds is 5. The number of aromatic nitrogens is 2. The fraction of sp³-hybridized carbons (Fsp3) is 0.286. The number of halogens is 1. The quantitative estimate of drug-likeness (QED) is 0.822. The molecule has 0 aliphatic carbocycles. The van der Waals surface area contributed by atoms with Gasteiger partial charge in [0.2, 0.25) is 0 Å². The molecule has 0 bridgehead atoms. The number of carbonyl (C=O) groups is 1. The number of benzene rings is 1. The molecule has 0 saturated carbocycles. The maximum Gasteiger partial charge on any atom is 0.345 e. The highest BCUT2D eigenvalue weighted by molar-refractivity contribution is 5.99. The molecule has 0 aliphatic heterocycles. The van der Waals surface area contributed by atoms with E-state index in [1.54, 1.807) is 12.1 Å². The third-order valence-corrected chi connectivity index (χ3v) is 2.97. The van der Waals surface area contributed by atoms with Crippen molar-refractivity contribution in [3.8, 4) is 0 Å². The van der Waals surface area contributed by atoms with E-state index in [1.165, 1.54) is 23.9 Å². The monoisotopic (exact) mass is 292 g/mol. The SMILES string of the molecule is CCNc1nn(Cc2ccc(F)cc2)c(N)c1C(=O)OC. The average molecular weight is 292 g/mol. The number of nitrogens with one attached hydrogen (secondary N) is 1. The van der Waals surface area contributed by atoms with Crippen LogP contribution in [0.25, 0.3) is 0 Å². The molecule has 0 unspecified atom stereocenters. The van der Waals surface area contributed by atoms with E-state index in [0.717, 1.165) is 5.56 Å². The van der Waals surface area contributed by atoms with Gasteiger partial charge in [0.1, 0.15) is 17.2 Å². The third kappa shape index (κ3) is 3.13. The van der Waals surface area contributed by atoms with Crippen LogP contribution in [0.5, 0.6) is 0 Å². The minimum Gasteiger partial charge on any atom is -0.465 e. The first kappa shape index (κ1) is 14.8. The summed E-state index contributed by atoms with van der Waals surface area (Å²) in [5.74, 6) is -0.268. The minimum absolute atomic E-state index is 0.210. The number of nitrogens with zero attached hydrogens (tertiary/aromatic N) is 2. The maximum atomic E-state index is 12.9. The van der Waals surface area contributed by atoms with Crippen LogP contribution in [-0.4, -0.2) is 29.4 Å². The van der Waals surface area contributed by atoms with Crippen LogP contribution in [0.1, 0.15) is 22.8 Å². The van der Waals surface area contributed by atoms with Crippen molar-refractivity contribution >= 4 is 17.6 Å². The second kappa shape index (κ2) is 6.25. The molecular weight excluding hydrogens is 275 g/mol. The summed E-state index contributed by atoms with van der Waals surface area (Å²) < 4.78 is 19.1. The molecule has 112 valence electrons. The van der Waals surface area contributed by atoms with E-state index in [1.807, 2.05) is 6.92 Å². The number of nitrogen functional groups attached to an aromatic ring is 1. The Labute approximate surface area is 121 Å². The lowest BCUT2D eigenvalue weighted by molar-refractivity contribution is 0.0603. The summed E-state index contributed by atoms with van der Waals surface area (Å²) in [7, 11) is 1.29. The topological polar surface area (TPSA) is 82.2 Å². The van der Waals surface area contributed by atoms with Gasteiger partial charge in [-0.25, -0.2) is 13.9 Å². The van der Waals surface area contributed by atoms with Gasteiger partial charge in [-0.1, -0.05) is 12.1 Å². The first-order valence-electron chi connectivity index (χ1n) is 6.49. The fourth-order valence-electron chi connectivity index (χ4n) is 1.95. The van der Waals surface area contributed by atoms with Crippen LogP contribution in [0.3, 0.4) is 0 Å². The van der Waals surface area contributed by atoms with E-state index >= 15 is 0 Å². The highest BCUT2D eigenvalue weighted by Gasteiger charge is 2.22. The summed E-state index contributed by atoms with van der Waals surface area (Å²) in [6.45, 7) is 2.81. The molecule has 0 atom stereocenters. The molecular formula is C14H17FN4O2. The lowest BCUT2D eigenvalue weighted by Gasteiger charge is -2.04. The molecule has 1 aromatic carbocycles. The van der Waals surface area contributed by atoms with Gasteiger partial charge >= 0.3 is 5.97 Å². The second-order valence-corrected chi connectivity index (χ2v) is 4.41. The number of esters is 1. The lowest BCUT2D eigenvalue weighted by Crippen LogP contribution is -2.10. The number of anilines is 2. The molecule has 6 nitrogen and oxygen atoms in total. The Morgan fingerprint density at radius 3 is 2.67 bits per heavy atom. The standard InChI is InChI=1S/C14H17FN4O2/c1-3-17-13-11(14(20)21-2)12(16)19(18-13)8-9-4-6-10(15)7-5-9/h4-7H,3,8,16H2,1-2H3,(H,17,18). The van der Waals surface area contributed by atoms with Crippen LogP contribution in [0.4, 0.5) is 16.0 Å². The summed E-state index contributed by atoms with van der Waals surface area (Å²) in [6.07, 6.45) is 0. The molecule has 3 N–H and O–H groups in total. The molecule has 1 heterocycles. The van der Waals surface area contributed by atoms with Crippen LogP contribution in [0, 0.1) is 5.82 Å². The Kier molecular flexibility index (Phi) is 4.42. The van der Waals surface area contributed by atoms with E-state index in [2.05, 4.69) is 10.4 Å². The largest absolute Gasteiger partial charge is 0.465 e. The molecule has 0 radical (unpaired) electrons. The van der Waals surface area contributed by atoms with Gasteiger partial charge < -0.3 is 15.8 Å². The van der Waals surface area contributed by atoms with Crippen LogP contribution in [0.15, 0.2) is 24.3 Å². The van der Waals surface area contributed by atoms with Crippen molar-refractivity contribution in [3.05, 3.63) is 41.2 Å². The molecule has 2 aromatic rings. The number of nitrogens with two attached hydrogens (primary N) is 1. The summed E-state index contributed by atoms with van der Waals surface area (Å²) in [5.41, 5.74) is 7.01. The zero-order valence-electron chi connectivity index (χ0n) is 11.9. The summed E-state index contributed by atoms with van der Waals surface area (Å²) >= 11 is 0. The maximum absolute atomic E-state index is 12.9. The van der Waals surface area contributed by atoms with Crippen molar-refractivity contribution in [2.75, 3.05) is 24.7 Å². The normalized spacial score (nSPS) is 10.4. The van der Waals surface area contributed by atoms with Crippen LogP contribution in [-0.2, 0) is 11.3 Å². The van der Waals surface area contributed by atoms with Gasteiger partial charge in [-0.2, -0.15) is 5.10 Å². The Bertz CT molecular complexity index is 637. The van der Waals surface area contributed by atoms with Crippen LogP contribution < -0.4 is 11.1 Å². The molecule has 0 fully saturated rings. The summed E-state index contributed by atoms with van der Waals surface area (Å²) in [5, 5.41) is 7.25. The first-order valence-corrected chi connectivity index (χ1v) is 6.49. The van der Waals surface area contributed by atoms with E-state index < -0.39 is 5.97 Å². The highest BCUT2D eigenvalue weighted by atomic mass is 19.1. The Morgan fingerprint density at radius 2 is 2.10 bits per heavy atom. The predicted molar refractivity (Wildman–Crippen MR) is 77.6 cm³/mol. The van der Waals surface area contributed by atoms with Gasteiger partial charge in [0, 0.05) is 6.54 Å². The highest BCUT2D eigenvalue weighted by Crippen LogP contribution is 2.23. The Morgan fingerprint density at radius 1 is 1.43 bits per heavy atom. The predicted octanol–water partition coefficient (Wildman–Crippen LogP) is 1.87. The van der Waals surface area contributed by atoms with E-state index in [4.69, 9.17) is 10.5 Å². The second-order valence-electron chi connectivity index (χ2n) is 4.41. The van der Waals surface area contributed by atoms with Crippen molar-refractivity contribution in [2.24, 2.45) is 0 Å². The number of ether oxygens (including phenoxy) is 1. The van der Waals surface area contributed by atoms with E-state index in [0.29, 0.717) is 18.9 Å². The van der Waals surface area contributed by atoms with Crippen molar-refractivity contribution in [1.82, 2.24) is 9.78 Å². The Balaban J connectivity index is 2.35. The summed E-state index contributed by atoms with van der Waals surface area (Å²) in [6, 6.07) is 6.01. The third-order valence-electron chi connectivity index (χ3n) is 2.97. The van der Waals surface area contributed by atoms with Crippen molar-refractivity contribution in [3.63, 3.8) is 0 Å². The molecule has 7 heteroatoms. The van der Waals surface area contributed by atoms with Gasteiger partial charge in [-0.15, -0.1) is 0 Å². The number of carbonyl (C=O) groups excluding carboxylic acids is 1. The summed E-state index contributed by atoms with van der Waals surface area (Å²) in [4.78, 5) is 11.8. The van der Waals surface area contributed by atoms with Crippen molar-refractivity contribution < 1.29 is 13.9 Å². The molecule has 0 aliphatic rings. The van der Waals surface area contributed by atoms with Crippen molar-refractivity contribution in [1.29, 1.82) is 0 Å². The molecule has 1 aromatic heterocycles. The molecule has 21 heavy (non-hydrogen) atoms. The minimum atomic E-state index is -0.547. The lowest BCUT2D eigenvalue weighted by atomic mass is 10.2. The number of methoxy groups -OCH3 is 1. The zero-order chi connectivity index (χ0) is 15.4. The number of hydrogen-bond donors (Lipinski definition) is 2. The van der Waals surface area contributed by atoms with Gasteiger partial charge in [0.15, 0.2) is 5.82 Å². The number of hydrogen-bond acceptors (Lipinski definition) is 5. The first-order chi connectivity index (χ1) is 10.1. The van der Waals surface area contributed by atoms with Gasteiger partial charge in [-0.3, -0.25) is 0 Å². The van der Waals surface area contributed by atoms with Gasteiger partial charge in [0.25, 0.3) is 0 Å². The molecule has 0 spiro atoms. The van der Waals surface area contributed by atoms with Crippen LogP contribution in [0.2, 0.25) is 0 Å². The Hall–Kier alpha value is -2.57. The van der Waals surface area contributed by atoms with Crippen molar-refractivity contribution in [2.45, 2.75) is 13.5 Å². The van der Waals surface area contributed by atoms with E-state index in [-0.39, 0.29) is 17.2 Å². The molecule has 2 rings (SSSR count). The average Bonchev–Trinajstić information content (AvgIpc) is 2.77. The van der Waals surface area contributed by atoms with Gasteiger partial charge in [-0.05, 0) is 24.6 Å². The molecule has 0 amide bonds. The van der Waals surface area contributed by atoms with Gasteiger partial charge in [0.05, 0.1) is 13.7 Å². The molecule has 0 saturated heterocycles. The zero-order valence-corrected chi connectivity index (χ0v) is 11.9. The smallest absolute Gasteiger partial charge is 0.345 e. The van der Waals surface area contributed by atoms with Crippen LogP contribution >= 0.6 is 0 Å².